The normalized spacial score (nSPS) is 20.3. The molecule has 156 valence electrons. The van der Waals surface area contributed by atoms with E-state index in [1.807, 2.05) is 36.7 Å². The molecule has 29 heavy (non-hydrogen) atoms. The van der Waals surface area contributed by atoms with Gasteiger partial charge in [-0.15, -0.1) is 0 Å². The van der Waals surface area contributed by atoms with Gasteiger partial charge in [-0.05, 0) is 72.3 Å². The molecule has 0 bridgehead atoms. The summed E-state index contributed by atoms with van der Waals surface area (Å²) in [6.07, 6.45) is 7.81. The molecule has 0 amide bonds. The van der Waals surface area contributed by atoms with Crippen LogP contribution in [0.3, 0.4) is 0 Å². The van der Waals surface area contributed by atoms with Crippen molar-refractivity contribution in [1.29, 1.82) is 0 Å². The Morgan fingerprint density at radius 3 is 1.93 bits per heavy atom. The number of rotatable bonds is 3. The van der Waals surface area contributed by atoms with Crippen molar-refractivity contribution in [2.75, 3.05) is 0 Å². The Balaban J connectivity index is 1.59. The highest BCUT2D eigenvalue weighted by molar-refractivity contribution is 5.75. The van der Waals surface area contributed by atoms with Crippen molar-refractivity contribution >= 4 is 5.97 Å². The second-order valence-electron chi connectivity index (χ2n) is 10.4. The number of hydrogen-bond acceptors (Lipinski definition) is 4. The first-order chi connectivity index (χ1) is 13.5. The molecule has 0 aliphatic heterocycles. The average Bonchev–Trinajstić information content (AvgIpc) is 2.67. The van der Waals surface area contributed by atoms with E-state index in [-0.39, 0.29) is 17.3 Å². The number of ether oxygens (including phenoxy) is 1. The van der Waals surface area contributed by atoms with E-state index >= 15 is 0 Å². The van der Waals surface area contributed by atoms with E-state index in [1.54, 1.807) is 0 Å². The first-order valence-electron chi connectivity index (χ1n) is 10.7. The summed E-state index contributed by atoms with van der Waals surface area (Å²) in [5.41, 5.74) is 2.37. The van der Waals surface area contributed by atoms with Crippen molar-refractivity contribution in [2.24, 2.45) is 17.3 Å². The van der Waals surface area contributed by atoms with Gasteiger partial charge in [-0.25, -0.2) is 9.97 Å². The van der Waals surface area contributed by atoms with Crippen LogP contribution in [0.4, 0.5) is 0 Å². The molecule has 0 saturated heterocycles. The maximum atomic E-state index is 12.6. The van der Waals surface area contributed by atoms with E-state index in [2.05, 4.69) is 51.5 Å². The molecule has 3 rings (SSSR count). The summed E-state index contributed by atoms with van der Waals surface area (Å²) in [7, 11) is 0. The van der Waals surface area contributed by atoms with E-state index < -0.39 is 0 Å². The molecule has 1 fully saturated rings. The molecule has 4 heteroatoms. The smallest absolute Gasteiger partial charge is 0.314 e. The van der Waals surface area contributed by atoms with Gasteiger partial charge in [0.2, 0.25) is 0 Å². The third-order valence-electron chi connectivity index (χ3n) is 6.13. The Morgan fingerprint density at radius 2 is 1.45 bits per heavy atom. The SMILES string of the molecule is CC(C)(C)c1cnc(-c2ccc(OC(=O)C3CCC(C(C)(C)C)CC3)cc2)nc1. The number of carbonyl (C=O) groups excluding carboxylic acids is 1. The van der Waals surface area contributed by atoms with Gasteiger partial charge >= 0.3 is 5.97 Å². The molecule has 1 aliphatic carbocycles. The average molecular weight is 395 g/mol. The fourth-order valence-electron chi connectivity index (χ4n) is 3.93. The van der Waals surface area contributed by atoms with Crippen LogP contribution in [0.15, 0.2) is 36.7 Å². The van der Waals surface area contributed by atoms with Crippen molar-refractivity contribution in [2.45, 2.75) is 72.6 Å². The molecule has 4 nitrogen and oxygen atoms in total. The van der Waals surface area contributed by atoms with Crippen LogP contribution < -0.4 is 4.74 Å². The van der Waals surface area contributed by atoms with Crippen LogP contribution in [-0.4, -0.2) is 15.9 Å². The minimum Gasteiger partial charge on any atom is -0.426 e. The standard InChI is InChI=1S/C25H34N2O2/c1-24(2,3)19-11-7-18(8-12-19)23(28)29-21-13-9-17(10-14-21)22-26-15-20(16-27-22)25(4,5)6/h9-10,13-16,18-19H,7-8,11-12H2,1-6H3. The van der Waals surface area contributed by atoms with Crippen LogP contribution >= 0.6 is 0 Å². The largest absolute Gasteiger partial charge is 0.426 e. The first-order valence-corrected chi connectivity index (χ1v) is 10.7. The van der Waals surface area contributed by atoms with Crippen molar-refractivity contribution in [3.05, 3.63) is 42.2 Å². The van der Waals surface area contributed by atoms with Crippen LogP contribution in [-0.2, 0) is 10.2 Å². The quantitative estimate of drug-likeness (QED) is 0.459. The van der Waals surface area contributed by atoms with Crippen molar-refractivity contribution in [3.8, 4) is 17.1 Å². The lowest BCUT2D eigenvalue weighted by molar-refractivity contribution is -0.140. The Morgan fingerprint density at radius 1 is 0.897 bits per heavy atom. The number of esters is 1. The van der Waals surface area contributed by atoms with E-state index in [0.29, 0.717) is 22.9 Å². The predicted molar refractivity (Wildman–Crippen MR) is 117 cm³/mol. The van der Waals surface area contributed by atoms with Gasteiger partial charge < -0.3 is 4.74 Å². The molecule has 0 N–H and O–H groups in total. The third kappa shape index (κ3) is 5.43. The molecule has 1 aliphatic rings. The van der Waals surface area contributed by atoms with E-state index in [1.165, 1.54) is 0 Å². The Kier molecular flexibility index (Phi) is 6.11. The third-order valence-corrected chi connectivity index (χ3v) is 6.13. The number of nitrogens with zero attached hydrogens (tertiary/aromatic N) is 2. The summed E-state index contributed by atoms with van der Waals surface area (Å²) in [6, 6.07) is 7.47. The van der Waals surface area contributed by atoms with Crippen LogP contribution in [0.25, 0.3) is 11.4 Å². The van der Waals surface area contributed by atoms with Gasteiger partial charge in [0.05, 0.1) is 5.92 Å². The van der Waals surface area contributed by atoms with Gasteiger partial charge in [0.25, 0.3) is 0 Å². The lowest BCUT2D eigenvalue weighted by atomic mass is 9.70. The number of carbonyl (C=O) groups is 1. The predicted octanol–water partition coefficient (Wildman–Crippen LogP) is 6.20. The maximum absolute atomic E-state index is 12.6. The summed E-state index contributed by atoms with van der Waals surface area (Å²) in [4.78, 5) is 21.5. The summed E-state index contributed by atoms with van der Waals surface area (Å²) >= 11 is 0. The van der Waals surface area contributed by atoms with E-state index in [0.717, 1.165) is 36.8 Å². The highest BCUT2D eigenvalue weighted by Crippen LogP contribution is 2.40. The molecule has 1 aromatic heterocycles. The van der Waals surface area contributed by atoms with Gasteiger partial charge in [0.15, 0.2) is 5.82 Å². The van der Waals surface area contributed by atoms with E-state index in [9.17, 15) is 4.79 Å². The molecule has 2 aromatic rings. The fourth-order valence-corrected chi connectivity index (χ4v) is 3.93. The number of hydrogen-bond donors (Lipinski definition) is 0. The highest BCUT2D eigenvalue weighted by atomic mass is 16.5. The molecular formula is C25H34N2O2. The van der Waals surface area contributed by atoms with Crippen molar-refractivity contribution < 1.29 is 9.53 Å². The lowest BCUT2D eigenvalue weighted by Crippen LogP contribution is -2.30. The van der Waals surface area contributed by atoms with Crippen LogP contribution in [0.1, 0.15) is 72.8 Å². The second-order valence-corrected chi connectivity index (χ2v) is 10.4. The van der Waals surface area contributed by atoms with Gasteiger partial charge in [0, 0.05) is 18.0 Å². The minimum atomic E-state index is -0.101. The van der Waals surface area contributed by atoms with Crippen LogP contribution in [0, 0.1) is 17.3 Å². The molecular weight excluding hydrogens is 360 g/mol. The second kappa shape index (κ2) is 8.25. The topological polar surface area (TPSA) is 52.1 Å². The summed E-state index contributed by atoms with van der Waals surface area (Å²) in [6.45, 7) is 13.3. The number of aromatic nitrogens is 2. The van der Waals surface area contributed by atoms with Crippen LogP contribution in [0.5, 0.6) is 5.75 Å². The summed E-state index contributed by atoms with van der Waals surface area (Å²) < 4.78 is 5.65. The zero-order valence-corrected chi connectivity index (χ0v) is 18.7. The molecule has 0 radical (unpaired) electrons. The Bertz CT molecular complexity index is 819. The molecule has 0 spiro atoms. The van der Waals surface area contributed by atoms with Gasteiger partial charge in [-0.2, -0.15) is 0 Å². The highest BCUT2D eigenvalue weighted by Gasteiger charge is 2.33. The minimum absolute atomic E-state index is 0.0153. The molecule has 0 unspecified atom stereocenters. The van der Waals surface area contributed by atoms with Gasteiger partial charge in [-0.1, -0.05) is 41.5 Å². The van der Waals surface area contributed by atoms with Crippen LogP contribution in [0.2, 0.25) is 0 Å². The molecule has 1 heterocycles. The Labute approximate surface area is 175 Å². The fraction of sp³-hybridized carbons (Fsp3) is 0.560. The zero-order chi connectivity index (χ0) is 21.2. The summed E-state index contributed by atoms with van der Waals surface area (Å²) in [5, 5.41) is 0. The summed E-state index contributed by atoms with van der Waals surface area (Å²) in [5.74, 6) is 1.87. The molecule has 0 atom stereocenters. The van der Waals surface area contributed by atoms with Gasteiger partial charge in [-0.3, -0.25) is 4.79 Å². The van der Waals surface area contributed by atoms with E-state index in [4.69, 9.17) is 4.74 Å². The lowest BCUT2D eigenvalue weighted by Gasteiger charge is -2.36. The molecule has 1 aromatic carbocycles. The monoisotopic (exact) mass is 394 g/mol. The maximum Gasteiger partial charge on any atom is 0.314 e. The molecule has 1 saturated carbocycles. The van der Waals surface area contributed by atoms with Crippen molar-refractivity contribution in [1.82, 2.24) is 9.97 Å². The Hall–Kier alpha value is -2.23. The zero-order valence-electron chi connectivity index (χ0n) is 18.7. The number of benzene rings is 1. The van der Waals surface area contributed by atoms with Crippen molar-refractivity contribution in [3.63, 3.8) is 0 Å². The van der Waals surface area contributed by atoms with Gasteiger partial charge in [0.1, 0.15) is 5.75 Å². The first kappa shape index (κ1) is 21.5.